The van der Waals surface area contributed by atoms with E-state index >= 15 is 0 Å². The van der Waals surface area contributed by atoms with Crippen molar-refractivity contribution in [2.75, 3.05) is 11.5 Å². The molecular weight excluding hydrogens is 313 g/mol. The summed E-state index contributed by atoms with van der Waals surface area (Å²) < 4.78 is 38.7. The molecule has 0 spiro atoms. The number of aromatic nitrogens is 2. The first-order valence-corrected chi connectivity index (χ1v) is 7.81. The van der Waals surface area contributed by atoms with Gasteiger partial charge in [-0.25, -0.2) is 14.8 Å². The van der Waals surface area contributed by atoms with Crippen LogP contribution in [0, 0.1) is 0 Å². The summed E-state index contributed by atoms with van der Waals surface area (Å²) >= 11 is 3.14. The van der Waals surface area contributed by atoms with Gasteiger partial charge in [0.15, 0.2) is 5.69 Å². The molecule has 2 rings (SSSR count). The number of carboxylic acids is 1. The Morgan fingerprint density at radius 3 is 2.60 bits per heavy atom. The van der Waals surface area contributed by atoms with Gasteiger partial charge in [-0.15, -0.1) is 11.8 Å². The van der Waals surface area contributed by atoms with Gasteiger partial charge in [0, 0.05) is 23.0 Å². The molecule has 2 heterocycles. The summed E-state index contributed by atoms with van der Waals surface area (Å²) in [7, 11) is 0. The summed E-state index contributed by atoms with van der Waals surface area (Å²) in [6, 6.07) is 0. The minimum atomic E-state index is -4.80. The highest BCUT2D eigenvalue weighted by atomic mass is 32.2. The van der Waals surface area contributed by atoms with E-state index in [1.54, 1.807) is 11.8 Å². The summed E-state index contributed by atoms with van der Waals surface area (Å²) in [5.74, 6) is 0.113. The molecule has 0 bridgehead atoms. The van der Waals surface area contributed by atoms with Gasteiger partial charge in [-0.1, -0.05) is 6.92 Å². The smallest absolute Gasteiger partial charge is 0.434 e. The molecule has 1 aliphatic heterocycles. The second-order valence-corrected chi connectivity index (χ2v) is 6.90. The van der Waals surface area contributed by atoms with Crippen LogP contribution in [0.2, 0.25) is 0 Å². The zero-order valence-electron chi connectivity index (χ0n) is 10.3. The van der Waals surface area contributed by atoms with Gasteiger partial charge in [-0.3, -0.25) is 0 Å². The fourth-order valence-corrected chi connectivity index (χ4v) is 4.52. The number of hydrogen-bond acceptors (Lipinski definition) is 5. The predicted octanol–water partition coefficient (Wildman–Crippen LogP) is 3.10. The van der Waals surface area contributed by atoms with Crippen LogP contribution in [0.3, 0.4) is 0 Å². The van der Waals surface area contributed by atoms with Crippen molar-refractivity contribution < 1.29 is 23.1 Å². The van der Waals surface area contributed by atoms with E-state index < -0.39 is 23.4 Å². The summed E-state index contributed by atoms with van der Waals surface area (Å²) in [6.45, 7) is 1.91. The Morgan fingerprint density at radius 2 is 2.05 bits per heavy atom. The third kappa shape index (κ3) is 3.20. The van der Waals surface area contributed by atoms with Gasteiger partial charge in [-0.2, -0.15) is 24.9 Å². The summed E-state index contributed by atoms with van der Waals surface area (Å²) in [5.41, 5.74) is -2.29. The first-order valence-electron chi connectivity index (χ1n) is 5.71. The van der Waals surface area contributed by atoms with E-state index in [0.29, 0.717) is 0 Å². The number of halogens is 3. The van der Waals surface area contributed by atoms with Crippen LogP contribution in [-0.2, 0) is 6.18 Å². The third-order valence-electron chi connectivity index (χ3n) is 2.75. The maximum Gasteiger partial charge on any atom is 0.434 e. The lowest BCUT2D eigenvalue weighted by Gasteiger charge is -2.27. The molecule has 0 radical (unpaired) electrons. The molecule has 0 saturated carbocycles. The molecule has 1 aliphatic rings. The van der Waals surface area contributed by atoms with Crippen molar-refractivity contribution in [1.29, 1.82) is 0 Å². The molecule has 1 aromatic heterocycles. The number of nitrogens with zero attached hydrogens (tertiary/aromatic N) is 2. The average molecular weight is 324 g/mol. The number of aromatic carboxylic acids is 1. The number of hydrogen-bond donors (Lipinski definition) is 1. The van der Waals surface area contributed by atoms with E-state index in [1.165, 1.54) is 11.8 Å². The van der Waals surface area contributed by atoms with Gasteiger partial charge >= 0.3 is 12.1 Å². The first-order chi connectivity index (χ1) is 9.30. The molecule has 110 valence electrons. The molecular formula is C11H11F3N2O2S2. The topological polar surface area (TPSA) is 63.1 Å². The summed E-state index contributed by atoms with van der Waals surface area (Å²) in [5, 5.41) is 8.63. The standard InChI is InChI=1S/C11H11F3N2O2S2/c1-5-7(20-3-2-19-5)9-15-4-6(10(17)18)8(16-9)11(12,13)14/h4-5,7H,2-3H2,1H3,(H,17,18). The zero-order chi connectivity index (χ0) is 14.9. The Labute approximate surface area is 121 Å². The van der Waals surface area contributed by atoms with Crippen LogP contribution >= 0.6 is 23.5 Å². The summed E-state index contributed by atoms with van der Waals surface area (Å²) in [6.07, 6.45) is -4.05. The lowest BCUT2D eigenvalue weighted by molar-refractivity contribution is -0.141. The number of alkyl halides is 3. The number of carbonyl (C=O) groups is 1. The van der Waals surface area contributed by atoms with Gasteiger partial charge in [0.25, 0.3) is 0 Å². The minimum Gasteiger partial charge on any atom is -0.478 e. The Kier molecular flexibility index (Phi) is 4.48. The Bertz CT molecular complexity index is 525. The predicted molar refractivity (Wildman–Crippen MR) is 71.1 cm³/mol. The lowest BCUT2D eigenvalue weighted by atomic mass is 10.2. The Morgan fingerprint density at radius 1 is 1.40 bits per heavy atom. The Hall–Kier alpha value is -0.960. The van der Waals surface area contributed by atoms with Gasteiger partial charge in [0.2, 0.25) is 0 Å². The molecule has 0 aliphatic carbocycles. The molecule has 0 aromatic carbocycles. The average Bonchev–Trinajstić information content (AvgIpc) is 2.37. The molecule has 1 saturated heterocycles. The highest BCUT2D eigenvalue weighted by molar-refractivity contribution is 8.06. The molecule has 2 unspecified atom stereocenters. The normalized spacial score (nSPS) is 23.6. The number of carboxylic acid groups (broad SMARTS) is 1. The minimum absolute atomic E-state index is 0.0482. The van der Waals surface area contributed by atoms with Crippen LogP contribution in [0.15, 0.2) is 6.20 Å². The van der Waals surface area contributed by atoms with Crippen LogP contribution < -0.4 is 0 Å². The monoisotopic (exact) mass is 324 g/mol. The van der Waals surface area contributed by atoms with Crippen LogP contribution in [0.25, 0.3) is 0 Å². The largest absolute Gasteiger partial charge is 0.478 e. The van der Waals surface area contributed by atoms with E-state index in [2.05, 4.69) is 9.97 Å². The highest BCUT2D eigenvalue weighted by Crippen LogP contribution is 2.42. The molecule has 1 aromatic rings. The van der Waals surface area contributed by atoms with Gasteiger partial charge < -0.3 is 5.11 Å². The molecule has 4 nitrogen and oxygen atoms in total. The number of thioether (sulfide) groups is 2. The van der Waals surface area contributed by atoms with Crippen LogP contribution in [0.5, 0.6) is 0 Å². The molecule has 9 heteroatoms. The van der Waals surface area contributed by atoms with Crippen molar-refractivity contribution in [3.63, 3.8) is 0 Å². The molecule has 20 heavy (non-hydrogen) atoms. The van der Waals surface area contributed by atoms with Crippen molar-refractivity contribution in [2.45, 2.75) is 23.6 Å². The molecule has 1 fully saturated rings. The van der Waals surface area contributed by atoms with Gasteiger partial charge in [0.1, 0.15) is 11.4 Å². The van der Waals surface area contributed by atoms with Crippen LogP contribution in [-0.4, -0.2) is 37.8 Å². The molecule has 0 amide bonds. The second-order valence-electron chi connectivity index (χ2n) is 4.16. The van der Waals surface area contributed by atoms with Crippen LogP contribution in [0.4, 0.5) is 13.2 Å². The summed E-state index contributed by atoms with van der Waals surface area (Å²) in [4.78, 5) is 18.1. The maximum atomic E-state index is 12.9. The van der Waals surface area contributed by atoms with E-state index in [4.69, 9.17) is 5.11 Å². The fraction of sp³-hybridized carbons (Fsp3) is 0.545. The number of rotatable bonds is 2. The third-order valence-corrected chi connectivity index (χ3v) is 5.84. The second kappa shape index (κ2) is 5.80. The lowest BCUT2D eigenvalue weighted by Crippen LogP contribution is -2.22. The zero-order valence-corrected chi connectivity index (χ0v) is 12.0. The van der Waals surface area contributed by atoms with Crippen LogP contribution in [0.1, 0.15) is 34.0 Å². The quantitative estimate of drug-likeness (QED) is 0.902. The van der Waals surface area contributed by atoms with E-state index in [1.807, 2.05) is 6.92 Å². The van der Waals surface area contributed by atoms with Crippen molar-refractivity contribution in [3.8, 4) is 0 Å². The Balaban J connectivity index is 2.44. The SMILES string of the molecule is CC1SCCSC1c1ncc(C(=O)O)c(C(F)(F)F)n1. The van der Waals surface area contributed by atoms with Crippen molar-refractivity contribution >= 4 is 29.5 Å². The highest BCUT2D eigenvalue weighted by Gasteiger charge is 2.39. The van der Waals surface area contributed by atoms with Crippen molar-refractivity contribution in [2.24, 2.45) is 0 Å². The van der Waals surface area contributed by atoms with Gasteiger partial charge in [-0.05, 0) is 0 Å². The van der Waals surface area contributed by atoms with E-state index in [-0.39, 0.29) is 16.3 Å². The molecule has 1 N–H and O–H groups in total. The van der Waals surface area contributed by atoms with E-state index in [9.17, 15) is 18.0 Å². The molecule has 2 atom stereocenters. The first kappa shape index (κ1) is 15.4. The fourth-order valence-electron chi connectivity index (χ4n) is 1.82. The van der Waals surface area contributed by atoms with Crippen molar-refractivity contribution in [1.82, 2.24) is 9.97 Å². The van der Waals surface area contributed by atoms with Crippen molar-refractivity contribution in [3.05, 3.63) is 23.3 Å². The van der Waals surface area contributed by atoms with Gasteiger partial charge in [0.05, 0.1) is 5.25 Å². The maximum absolute atomic E-state index is 12.9. The van der Waals surface area contributed by atoms with E-state index in [0.717, 1.165) is 17.7 Å².